The maximum atomic E-state index is 13.6. The molecule has 3 fully saturated rings. The number of aromatic amines is 3. The Labute approximate surface area is 487 Å². The molecule has 0 radical (unpaired) electrons. The fourth-order valence-electron chi connectivity index (χ4n) is 11.2. The highest BCUT2D eigenvalue weighted by Crippen LogP contribution is 2.39. The van der Waals surface area contributed by atoms with Gasteiger partial charge in [0.05, 0.1) is 34.9 Å². The molecule has 3 aromatic heterocycles. The summed E-state index contributed by atoms with van der Waals surface area (Å²) in [5.41, 5.74) is 12.2. The monoisotopic (exact) mass is 1110 g/mol. The highest BCUT2D eigenvalue weighted by Gasteiger charge is 2.34. The van der Waals surface area contributed by atoms with Crippen LogP contribution in [0.15, 0.2) is 69.0 Å². The van der Waals surface area contributed by atoms with Crippen molar-refractivity contribution in [3.05, 3.63) is 214 Å². The smallest absolute Gasteiger partial charge is 0.254 e. The molecule has 83 heavy (non-hydrogen) atoms. The van der Waals surface area contributed by atoms with E-state index in [1.165, 1.54) is 12.8 Å². The van der Waals surface area contributed by atoms with E-state index in [1.54, 1.807) is 54.6 Å². The van der Waals surface area contributed by atoms with E-state index in [0.717, 1.165) is 77.6 Å². The molecule has 13 nitrogen and oxygen atoms in total. The number of hydrogen-bond donors (Lipinski definition) is 3. The zero-order chi connectivity index (χ0) is 60.6. The second-order valence-electron chi connectivity index (χ2n) is 23.6. The Morgan fingerprint density at radius 2 is 0.831 bits per heavy atom. The van der Waals surface area contributed by atoms with Crippen molar-refractivity contribution in [1.82, 2.24) is 15.0 Å². The minimum Gasteiger partial charge on any atom is -0.326 e. The highest BCUT2D eigenvalue weighted by atomic mass is 16.1. The van der Waals surface area contributed by atoms with Crippen LogP contribution >= 0.6 is 0 Å². The van der Waals surface area contributed by atoms with Gasteiger partial charge in [0.25, 0.3) is 23.2 Å². The molecule has 3 aliphatic carbocycles. The Morgan fingerprint density at radius 1 is 0.530 bits per heavy atom. The average molecular weight is 1110 g/mol. The number of carbonyl (C=O) groups is 3. The van der Waals surface area contributed by atoms with Gasteiger partial charge in [-0.15, -0.1) is 12.3 Å². The van der Waals surface area contributed by atoms with Crippen LogP contribution in [0.2, 0.25) is 0 Å². The maximum absolute atomic E-state index is 13.6. The number of benzene rings is 3. The van der Waals surface area contributed by atoms with Crippen molar-refractivity contribution in [3.63, 3.8) is 0 Å². The van der Waals surface area contributed by atoms with Gasteiger partial charge in [-0.05, 0) is 208 Å². The zero-order valence-corrected chi connectivity index (χ0v) is 49.5. The van der Waals surface area contributed by atoms with Crippen LogP contribution in [0.25, 0.3) is 4.85 Å². The first-order valence-electron chi connectivity index (χ1n) is 28.9. The van der Waals surface area contributed by atoms with Gasteiger partial charge in [0.2, 0.25) is 0 Å². The third-order valence-electron chi connectivity index (χ3n) is 15.6. The van der Waals surface area contributed by atoms with Crippen molar-refractivity contribution >= 4 is 17.3 Å². The van der Waals surface area contributed by atoms with Gasteiger partial charge in [0.15, 0.2) is 17.3 Å². The summed E-state index contributed by atoms with van der Waals surface area (Å²) in [6, 6.07) is 21.7. The van der Waals surface area contributed by atoms with E-state index in [1.807, 2.05) is 69.2 Å². The van der Waals surface area contributed by atoms with Crippen LogP contribution in [0.4, 0.5) is 0 Å². The Hall–Kier alpha value is -8.96. The first-order valence-corrected chi connectivity index (χ1v) is 28.9. The van der Waals surface area contributed by atoms with Crippen molar-refractivity contribution < 1.29 is 14.4 Å². The standard InChI is InChI=1S/C24H24N2O2.C23H23N3O2.C23H26N2O2/c1-5-6-20-19(12-16-7-8-16)22(21(14(2)3)24(28)26-20)23(27)18-10-15(4)9-17(11-18)13-25;1-13(2)20-21(22(27)17-8-14(3)7-16(9-17)11-24)18(10-15-5-6-15)19(12-25-4)26-23(20)28;1-5-19-18(11-15-6-7-15)21(20(13(2)3)23(27)25-19)22(26)17-9-14(4)8-16(10-17)12-24/h1,9-11,14,16H,6-8,12H2,2-4H3,(H,26,28);7-9,13,15H,5-6,10,12H2,1-3H3,(H,26,28);8-10,13,15H,5-7,11H2,1-4H3,(H,25,27). The predicted molar refractivity (Wildman–Crippen MR) is 323 cm³/mol. The number of ketones is 3. The van der Waals surface area contributed by atoms with Crippen LogP contribution in [0, 0.1) is 91.4 Å². The van der Waals surface area contributed by atoms with Gasteiger partial charge in [0.1, 0.15) is 5.69 Å². The topological polar surface area (TPSA) is 226 Å². The van der Waals surface area contributed by atoms with E-state index >= 15 is 0 Å². The van der Waals surface area contributed by atoms with Crippen molar-refractivity contribution in [2.45, 2.75) is 164 Å². The number of aromatic nitrogens is 3. The lowest BCUT2D eigenvalue weighted by Gasteiger charge is -2.19. The first kappa shape index (κ1) is 61.7. The molecule has 6 aromatic rings. The second-order valence-corrected chi connectivity index (χ2v) is 23.6. The van der Waals surface area contributed by atoms with Crippen LogP contribution < -0.4 is 16.7 Å². The maximum Gasteiger partial charge on any atom is 0.254 e. The van der Waals surface area contributed by atoms with Crippen molar-refractivity contribution in [2.75, 3.05) is 0 Å². The number of pyridine rings is 3. The highest BCUT2D eigenvalue weighted by molar-refractivity contribution is 6.13. The predicted octanol–water partition coefficient (Wildman–Crippen LogP) is 12.7. The SMILES string of the molecule is C#CCc1[nH]c(=O)c(C(C)C)c(C(=O)c2cc(C)cc(C#N)c2)c1CC1CC1.CCc1[nH]c(=O)c(C(C)C)c(C(=O)c2cc(C)cc(C#N)c2)c1CC1CC1.[C-]#[N+]Cc1[nH]c(=O)c(C(C)C)c(C(=O)c2cc(C)cc(C#N)c2)c1CC1CC1. The lowest BCUT2D eigenvalue weighted by atomic mass is 9.85. The molecule has 3 aromatic carbocycles. The molecule has 3 saturated carbocycles. The Balaban J connectivity index is 0.000000179. The molecule has 3 heterocycles. The van der Waals surface area contributed by atoms with Crippen LogP contribution in [-0.4, -0.2) is 32.3 Å². The lowest BCUT2D eigenvalue weighted by Crippen LogP contribution is -2.25. The largest absolute Gasteiger partial charge is 0.326 e. The number of terminal acetylenes is 1. The minimum absolute atomic E-state index is 0.0488. The summed E-state index contributed by atoms with van der Waals surface area (Å²) in [4.78, 5) is 91.5. The molecule has 13 heteroatoms. The molecule has 0 spiro atoms. The van der Waals surface area contributed by atoms with Crippen LogP contribution in [0.5, 0.6) is 0 Å². The normalized spacial score (nSPS) is 13.3. The summed E-state index contributed by atoms with van der Waals surface area (Å²) in [6.07, 6.45) is 15.6. The quantitative estimate of drug-likeness (QED) is 0.0422. The number of H-pyrrole nitrogens is 3. The summed E-state index contributed by atoms with van der Waals surface area (Å²) < 4.78 is 0. The lowest BCUT2D eigenvalue weighted by molar-refractivity contribution is 0.102. The van der Waals surface area contributed by atoms with Crippen LogP contribution in [0.3, 0.4) is 0 Å². The number of nitrogens with one attached hydrogen (secondary N) is 3. The number of aryl methyl sites for hydroxylation is 4. The summed E-state index contributed by atoms with van der Waals surface area (Å²) >= 11 is 0. The summed E-state index contributed by atoms with van der Waals surface area (Å²) in [5.74, 6) is 3.33. The summed E-state index contributed by atoms with van der Waals surface area (Å²) in [5, 5.41) is 27.8. The van der Waals surface area contributed by atoms with Gasteiger partial charge < -0.3 is 19.8 Å². The Bertz CT molecular complexity index is 3780. The van der Waals surface area contributed by atoms with Crippen LogP contribution in [-0.2, 0) is 38.6 Å². The molecule has 0 saturated heterocycles. The van der Waals surface area contributed by atoms with Gasteiger partial charge in [0, 0.05) is 67.9 Å². The summed E-state index contributed by atoms with van der Waals surface area (Å²) in [6.45, 7) is 26.4. The third-order valence-corrected chi connectivity index (χ3v) is 15.6. The number of rotatable bonds is 18. The molecular formula is C70H73N7O6. The average Bonchev–Trinajstić information content (AvgIpc) is 3.70. The second kappa shape index (κ2) is 26.7. The molecule has 3 N–H and O–H groups in total. The van der Waals surface area contributed by atoms with Gasteiger partial charge in [-0.1, -0.05) is 48.5 Å². The Morgan fingerprint density at radius 3 is 1.11 bits per heavy atom. The molecule has 0 amide bonds. The number of hydrogen-bond acceptors (Lipinski definition) is 9. The van der Waals surface area contributed by atoms with Crippen molar-refractivity contribution in [3.8, 4) is 30.6 Å². The van der Waals surface area contributed by atoms with E-state index in [9.17, 15) is 44.6 Å². The molecule has 424 valence electrons. The van der Waals surface area contributed by atoms with E-state index in [2.05, 4.69) is 43.9 Å². The molecule has 3 aliphatic rings. The minimum atomic E-state index is -0.301. The number of nitrogens with zero attached hydrogens (tertiary/aromatic N) is 4. The van der Waals surface area contributed by atoms with Gasteiger partial charge in [-0.3, -0.25) is 28.8 Å². The molecule has 9 rings (SSSR count). The van der Waals surface area contributed by atoms with Gasteiger partial charge in [-0.2, -0.15) is 15.8 Å². The molecule has 0 aliphatic heterocycles. The molecular weight excluding hydrogens is 1030 g/mol. The molecule has 0 atom stereocenters. The van der Waals surface area contributed by atoms with Crippen molar-refractivity contribution in [1.29, 1.82) is 15.8 Å². The summed E-state index contributed by atoms with van der Waals surface area (Å²) in [7, 11) is 0. The van der Waals surface area contributed by atoms with E-state index < -0.39 is 0 Å². The van der Waals surface area contributed by atoms with E-state index in [-0.39, 0.29) is 64.7 Å². The fourth-order valence-corrected chi connectivity index (χ4v) is 11.2. The van der Waals surface area contributed by atoms with E-state index in [4.69, 9.17) is 13.0 Å². The third kappa shape index (κ3) is 14.8. The molecule has 0 bridgehead atoms. The molecule has 0 unspecified atom stereocenters. The number of carbonyl (C=O) groups excluding carboxylic acids is 3. The van der Waals surface area contributed by atoms with Crippen LogP contribution in [0.1, 0.15) is 236 Å². The van der Waals surface area contributed by atoms with Crippen molar-refractivity contribution in [2.24, 2.45) is 17.8 Å². The Kier molecular flexibility index (Phi) is 19.9. The van der Waals surface area contributed by atoms with Gasteiger partial charge in [-0.25, -0.2) is 6.57 Å². The van der Waals surface area contributed by atoms with Gasteiger partial charge >= 0.3 is 0 Å². The number of nitriles is 3. The first-order chi connectivity index (χ1) is 39.5. The van der Waals surface area contributed by atoms with E-state index in [0.29, 0.717) is 109 Å². The fraction of sp³-hybridized carbons (Fsp3) is 0.400. The zero-order valence-electron chi connectivity index (χ0n) is 49.5.